The molecule has 0 unspecified atom stereocenters. The molecule has 4 rings (SSSR count). The van der Waals surface area contributed by atoms with E-state index in [0.29, 0.717) is 25.9 Å². The summed E-state index contributed by atoms with van der Waals surface area (Å²) in [5.74, 6) is 0.0273. The Hall–Kier alpha value is -2.26. The zero-order valence-electron chi connectivity index (χ0n) is 17.3. The van der Waals surface area contributed by atoms with Gasteiger partial charge in [0.1, 0.15) is 0 Å². The maximum Gasteiger partial charge on any atom is 0.240 e. The number of hydrogen-bond donors (Lipinski definition) is 2. The molecule has 0 bridgehead atoms. The van der Waals surface area contributed by atoms with Crippen molar-refractivity contribution in [2.75, 3.05) is 13.2 Å². The number of nitrogens with zero attached hydrogens (tertiary/aromatic N) is 1. The lowest BCUT2D eigenvalue weighted by atomic mass is 9.96. The molecule has 0 aromatic heterocycles. The van der Waals surface area contributed by atoms with E-state index in [1.165, 1.54) is 23.3 Å². The smallest absolute Gasteiger partial charge is 0.240 e. The third-order valence-corrected chi connectivity index (χ3v) is 7.55. The number of aliphatic hydroxyl groups is 1. The first-order chi connectivity index (χ1) is 15.0. The predicted molar refractivity (Wildman–Crippen MR) is 116 cm³/mol. The highest BCUT2D eigenvalue weighted by Crippen LogP contribution is 2.25. The van der Waals surface area contributed by atoms with Crippen molar-refractivity contribution in [3.63, 3.8) is 0 Å². The molecule has 2 aliphatic rings. The van der Waals surface area contributed by atoms with Crippen LogP contribution in [0.1, 0.15) is 30.4 Å². The second-order valence-electron chi connectivity index (χ2n) is 8.14. The summed E-state index contributed by atoms with van der Waals surface area (Å²) in [6.45, 7) is 0.972. The van der Waals surface area contributed by atoms with Crippen LogP contribution in [0.4, 0.5) is 0 Å². The zero-order valence-corrected chi connectivity index (χ0v) is 18.1. The van der Waals surface area contributed by atoms with Gasteiger partial charge in [-0.3, -0.25) is 4.79 Å². The molecule has 2 heterocycles. The number of ether oxygens (including phenoxy) is 1. The number of amides is 1. The highest BCUT2D eigenvalue weighted by atomic mass is 32.2. The zero-order chi connectivity index (χ0) is 21.8. The first-order valence-corrected chi connectivity index (χ1v) is 12.1. The summed E-state index contributed by atoms with van der Waals surface area (Å²) in [5.41, 5.74) is 2.46. The Labute approximate surface area is 183 Å². The van der Waals surface area contributed by atoms with Gasteiger partial charge in [-0.05, 0) is 42.5 Å². The van der Waals surface area contributed by atoms with Crippen LogP contribution in [0.15, 0.2) is 59.5 Å². The Morgan fingerprint density at radius 1 is 1.06 bits per heavy atom. The number of nitrogens with one attached hydrogen (secondary N) is 1. The summed E-state index contributed by atoms with van der Waals surface area (Å²) >= 11 is 0. The Morgan fingerprint density at radius 2 is 1.77 bits per heavy atom. The molecule has 2 N–H and O–H groups in total. The minimum absolute atomic E-state index is 0.0273. The number of benzene rings is 2. The lowest BCUT2D eigenvalue weighted by Crippen LogP contribution is -2.51. The lowest BCUT2D eigenvalue weighted by molar-refractivity contribution is -0.140. The van der Waals surface area contributed by atoms with Crippen molar-refractivity contribution in [1.29, 1.82) is 0 Å². The maximum atomic E-state index is 12.8. The predicted octanol–water partition coefficient (Wildman–Crippen LogP) is 1.85. The van der Waals surface area contributed by atoms with E-state index in [9.17, 15) is 18.3 Å². The highest BCUT2D eigenvalue weighted by molar-refractivity contribution is 7.89. The quantitative estimate of drug-likeness (QED) is 0.709. The van der Waals surface area contributed by atoms with Crippen LogP contribution in [-0.4, -0.2) is 55.7 Å². The number of aliphatic hydroxyl groups excluding tert-OH is 1. The molecule has 2 aromatic carbocycles. The maximum absolute atomic E-state index is 12.8. The SMILES string of the molecule is O=C(C[C@@H]1CC[C@@H](NS(=O)(=O)c2ccccc2)[C@H](CO)O1)N1CCc2ccccc2C1. The van der Waals surface area contributed by atoms with Gasteiger partial charge in [0.2, 0.25) is 15.9 Å². The van der Waals surface area contributed by atoms with Gasteiger partial charge in [-0.15, -0.1) is 0 Å². The van der Waals surface area contributed by atoms with E-state index in [1.54, 1.807) is 18.2 Å². The van der Waals surface area contributed by atoms with Gasteiger partial charge in [0, 0.05) is 13.1 Å². The molecule has 1 saturated heterocycles. The molecule has 2 aromatic rings. The van der Waals surface area contributed by atoms with Crippen LogP contribution in [-0.2, 0) is 32.5 Å². The standard InChI is InChI=1S/C23H28N2O5S/c26-16-22-21(24-31(28,29)20-8-2-1-3-9-20)11-10-19(30-22)14-23(27)25-13-12-17-6-4-5-7-18(17)15-25/h1-9,19,21-22,24,26H,10-16H2/t19-,21+,22-/m0/s1. The first kappa shape index (κ1) is 22.0. The number of carbonyl (C=O) groups is 1. The molecule has 1 fully saturated rings. The van der Waals surface area contributed by atoms with Gasteiger partial charge in [0.25, 0.3) is 0 Å². The molecule has 0 radical (unpaired) electrons. The van der Waals surface area contributed by atoms with Crippen molar-refractivity contribution >= 4 is 15.9 Å². The van der Waals surface area contributed by atoms with E-state index < -0.39 is 22.2 Å². The largest absolute Gasteiger partial charge is 0.394 e. The lowest BCUT2D eigenvalue weighted by Gasteiger charge is -2.37. The molecule has 1 amide bonds. The fraction of sp³-hybridized carbons (Fsp3) is 0.435. The summed E-state index contributed by atoms with van der Waals surface area (Å²) in [7, 11) is -3.71. The van der Waals surface area contributed by atoms with Crippen LogP contribution in [0.2, 0.25) is 0 Å². The summed E-state index contributed by atoms with van der Waals surface area (Å²) in [6, 6.07) is 15.7. The highest BCUT2D eigenvalue weighted by Gasteiger charge is 2.35. The molecule has 0 saturated carbocycles. The van der Waals surface area contributed by atoms with Crippen LogP contribution in [0.3, 0.4) is 0 Å². The summed E-state index contributed by atoms with van der Waals surface area (Å²) < 4.78 is 33.8. The van der Waals surface area contributed by atoms with Gasteiger partial charge >= 0.3 is 0 Å². The fourth-order valence-corrected chi connectivity index (χ4v) is 5.64. The van der Waals surface area contributed by atoms with Gasteiger partial charge < -0.3 is 14.7 Å². The van der Waals surface area contributed by atoms with Crippen LogP contribution in [0.25, 0.3) is 0 Å². The fourth-order valence-electron chi connectivity index (χ4n) is 4.32. The topological polar surface area (TPSA) is 95.9 Å². The van der Waals surface area contributed by atoms with Crippen LogP contribution >= 0.6 is 0 Å². The molecule has 2 aliphatic heterocycles. The number of fused-ring (bicyclic) bond motifs is 1. The van der Waals surface area contributed by atoms with Crippen molar-refractivity contribution in [3.8, 4) is 0 Å². The van der Waals surface area contributed by atoms with E-state index in [2.05, 4.69) is 16.9 Å². The van der Waals surface area contributed by atoms with E-state index in [-0.39, 0.29) is 29.9 Å². The average Bonchev–Trinajstić information content (AvgIpc) is 2.80. The molecule has 166 valence electrons. The second-order valence-corrected chi connectivity index (χ2v) is 9.85. The molecule has 3 atom stereocenters. The molecule has 0 aliphatic carbocycles. The van der Waals surface area contributed by atoms with E-state index >= 15 is 0 Å². The van der Waals surface area contributed by atoms with Crippen molar-refractivity contribution < 1.29 is 23.1 Å². The minimum Gasteiger partial charge on any atom is -0.394 e. The summed E-state index contributed by atoms with van der Waals surface area (Å²) in [6.07, 6.45) is 1.10. The normalized spacial score (nSPS) is 23.9. The van der Waals surface area contributed by atoms with E-state index in [4.69, 9.17) is 4.74 Å². The minimum atomic E-state index is -3.71. The van der Waals surface area contributed by atoms with Crippen molar-refractivity contribution in [3.05, 3.63) is 65.7 Å². The first-order valence-electron chi connectivity index (χ1n) is 10.6. The number of sulfonamides is 1. The molecular weight excluding hydrogens is 416 g/mol. The Morgan fingerprint density at radius 3 is 2.52 bits per heavy atom. The number of rotatable bonds is 6. The molecule has 7 nitrogen and oxygen atoms in total. The van der Waals surface area contributed by atoms with Crippen LogP contribution in [0, 0.1) is 0 Å². The van der Waals surface area contributed by atoms with Gasteiger partial charge in [-0.1, -0.05) is 42.5 Å². The number of hydrogen-bond acceptors (Lipinski definition) is 5. The Balaban J connectivity index is 1.34. The van der Waals surface area contributed by atoms with E-state index in [1.807, 2.05) is 17.0 Å². The molecule has 0 spiro atoms. The Kier molecular flexibility index (Phi) is 6.71. The van der Waals surface area contributed by atoms with Gasteiger partial charge in [-0.2, -0.15) is 0 Å². The van der Waals surface area contributed by atoms with Crippen LogP contribution in [0.5, 0.6) is 0 Å². The third-order valence-electron chi connectivity index (χ3n) is 6.04. The average molecular weight is 445 g/mol. The third kappa shape index (κ3) is 5.15. The molecule has 8 heteroatoms. The number of carbonyl (C=O) groups excluding carboxylic acids is 1. The van der Waals surface area contributed by atoms with Gasteiger partial charge in [0.05, 0.1) is 36.2 Å². The second kappa shape index (κ2) is 9.48. The summed E-state index contributed by atoms with van der Waals surface area (Å²) in [5, 5.41) is 9.78. The summed E-state index contributed by atoms with van der Waals surface area (Å²) in [4.78, 5) is 14.9. The van der Waals surface area contributed by atoms with Gasteiger partial charge in [-0.25, -0.2) is 13.1 Å². The van der Waals surface area contributed by atoms with Crippen molar-refractivity contribution in [2.24, 2.45) is 0 Å². The Bertz CT molecular complexity index is 1010. The molecular formula is C23H28N2O5S. The van der Waals surface area contributed by atoms with Crippen LogP contribution < -0.4 is 4.72 Å². The molecule has 31 heavy (non-hydrogen) atoms. The van der Waals surface area contributed by atoms with Gasteiger partial charge in [0.15, 0.2) is 0 Å². The van der Waals surface area contributed by atoms with Crippen molar-refractivity contribution in [1.82, 2.24) is 9.62 Å². The monoisotopic (exact) mass is 444 g/mol. The van der Waals surface area contributed by atoms with E-state index in [0.717, 1.165) is 6.42 Å². The van der Waals surface area contributed by atoms with Crippen molar-refractivity contribution in [2.45, 2.75) is 55.4 Å².